The number of carbonyl (C=O) groups excluding carboxylic acids is 2. The summed E-state index contributed by atoms with van der Waals surface area (Å²) in [5.41, 5.74) is 1.26. The molecule has 2 aromatic carbocycles. The number of hydrogen-bond donors (Lipinski definition) is 0. The van der Waals surface area contributed by atoms with Crippen LogP contribution < -0.4 is 18.9 Å². The van der Waals surface area contributed by atoms with E-state index < -0.39 is 11.9 Å². The maximum Gasteiger partial charge on any atom is 0.338 e. The van der Waals surface area contributed by atoms with Gasteiger partial charge in [0.25, 0.3) is 0 Å². The van der Waals surface area contributed by atoms with Crippen LogP contribution in [0.25, 0.3) is 11.1 Å². The highest BCUT2D eigenvalue weighted by molar-refractivity contribution is 5.97. The largest absolute Gasteiger partial charge is 0.493 e. The van der Waals surface area contributed by atoms with Crippen LogP contribution in [0.3, 0.4) is 0 Å². The molecule has 0 aromatic heterocycles. The number of esters is 2. The molecule has 0 aliphatic heterocycles. The minimum Gasteiger partial charge on any atom is -0.493 e. The molecule has 2 rings (SSSR count). The first-order valence-electron chi connectivity index (χ1n) is 9.54. The van der Waals surface area contributed by atoms with Crippen LogP contribution in [0.2, 0.25) is 0 Å². The van der Waals surface area contributed by atoms with Crippen LogP contribution >= 0.6 is 0 Å². The fourth-order valence-electron chi connectivity index (χ4n) is 3.00. The summed E-state index contributed by atoms with van der Waals surface area (Å²) in [5, 5.41) is 0. The number of hydrogen-bond acceptors (Lipinski definition) is 8. The van der Waals surface area contributed by atoms with Gasteiger partial charge in [0.05, 0.1) is 39.6 Å². The standard InChI is InChI=1S/C24H26O8/c1-7-9-31-23(25)15-11-17(21(29-5)19(13-15)27-3)18-12-16(24(26)32-10-8-2)14-20(28-4)22(18)30-6/h7-8,11-14H,1-2,9-10H2,3-6H3. The quantitative estimate of drug-likeness (QED) is 0.380. The smallest absolute Gasteiger partial charge is 0.338 e. The van der Waals surface area contributed by atoms with E-state index in [0.717, 1.165) is 0 Å². The molecule has 0 saturated heterocycles. The SMILES string of the molecule is C=CCOC(=O)c1cc(OC)c(OC)c(-c2cc(C(=O)OCC=C)cc(OC)c2OC)c1. The van der Waals surface area contributed by atoms with E-state index in [9.17, 15) is 9.59 Å². The maximum atomic E-state index is 12.5. The Kier molecular flexibility index (Phi) is 8.71. The van der Waals surface area contributed by atoms with E-state index in [1.54, 1.807) is 12.1 Å². The lowest BCUT2D eigenvalue weighted by atomic mass is 9.97. The molecule has 0 heterocycles. The van der Waals surface area contributed by atoms with Gasteiger partial charge in [-0.2, -0.15) is 0 Å². The van der Waals surface area contributed by atoms with E-state index in [1.807, 2.05) is 0 Å². The average molecular weight is 442 g/mol. The van der Waals surface area contributed by atoms with Crippen LogP contribution in [0.15, 0.2) is 49.6 Å². The van der Waals surface area contributed by atoms with Crippen LogP contribution in [0.5, 0.6) is 23.0 Å². The Labute approximate surface area is 186 Å². The van der Waals surface area contributed by atoms with Gasteiger partial charge in [-0.1, -0.05) is 25.3 Å². The van der Waals surface area contributed by atoms with Crippen molar-refractivity contribution < 1.29 is 38.0 Å². The fourth-order valence-corrected chi connectivity index (χ4v) is 3.00. The highest BCUT2D eigenvalue weighted by Gasteiger charge is 2.24. The number of ether oxygens (including phenoxy) is 6. The highest BCUT2D eigenvalue weighted by Crippen LogP contribution is 2.46. The Morgan fingerprint density at radius 2 is 1.06 bits per heavy atom. The maximum absolute atomic E-state index is 12.5. The van der Waals surface area contributed by atoms with Crippen molar-refractivity contribution in [1.82, 2.24) is 0 Å². The van der Waals surface area contributed by atoms with Crippen LogP contribution in [0.4, 0.5) is 0 Å². The molecule has 170 valence electrons. The van der Waals surface area contributed by atoms with Crippen molar-refractivity contribution in [2.45, 2.75) is 0 Å². The third-order valence-electron chi connectivity index (χ3n) is 4.38. The molecule has 0 spiro atoms. The second-order valence-corrected chi connectivity index (χ2v) is 6.29. The second kappa shape index (κ2) is 11.5. The first kappa shape index (κ1) is 24.3. The van der Waals surface area contributed by atoms with E-state index in [2.05, 4.69) is 13.2 Å². The van der Waals surface area contributed by atoms with E-state index >= 15 is 0 Å². The summed E-state index contributed by atoms with van der Waals surface area (Å²) in [6.45, 7) is 7.17. The van der Waals surface area contributed by atoms with Crippen molar-refractivity contribution in [3.05, 3.63) is 60.7 Å². The molecular weight excluding hydrogens is 416 g/mol. The van der Waals surface area contributed by atoms with Gasteiger partial charge in [0, 0.05) is 11.1 Å². The van der Waals surface area contributed by atoms with Gasteiger partial charge in [-0.05, 0) is 24.3 Å². The van der Waals surface area contributed by atoms with Crippen LogP contribution in [0, 0.1) is 0 Å². The molecule has 0 bridgehead atoms. The van der Waals surface area contributed by atoms with Crippen molar-refractivity contribution in [2.75, 3.05) is 41.7 Å². The van der Waals surface area contributed by atoms with Crippen molar-refractivity contribution in [1.29, 1.82) is 0 Å². The van der Waals surface area contributed by atoms with E-state index in [1.165, 1.54) is 52.7 Å². The molecule has 2 aromatic rings. The van der Waals surface area contributed by atoms with Crippen molar-refractivity contribution >= 4 is 11.9 Å². The molecule has 8 heteroatoms. The summed E-state index contributed by atoms with van der Waals surface area (Å²) >= 11 is 0. The summed E-state index contributed by atoms with van der Waals surface area (Å²) in [4.78, 5) is 25.0. The van der Waals surface area contributed by atoms with Gasteiger partial charge >= 0.3 is 11.9 Å². The van der Waals surface area contributed by atoms with Crippen molar-refractivity contribution in [3.8, 4) is 34.1 Å². The van der Waals surface area contributed by atoms with Crippen LogP contribution in [-0.4, -0.2) is 53.6 Å². The van der Waals surface area contributed by atoms with Crippen molar-refractivity contribution in [2.24, 2.45) is 0 Å². The molecule has 0 amide bonds. The molecule has 0 saturated carbocycles. The molecule has 0 atom stereocenters. The summed E-state index contributed by atoms with van der Waals surface area (Å²) in [6.07, 6.45) is 2.93. The molecule has 32 heavy (non-hydrogen) atoms. The average Bonchev–Trinajstić information content (AvgIpc) is 2.83. The molecule has 0 N–H and O–H groups in total. The predicted molar refractivity (Wildman–Crippen MR) is 119 cm³/mol. The van der Waals surface area contributed by atoms with Crippen LogP contribution in [-0.2, 0) is 9.47 Å². The van der Waals surface area contributed by atoms with Gasteiger partial charge in [-0.15, -0.1) is 0 Å². The van der Waals surface area contributed by atoms with Gasteiger partial charge in [-0.25, -0.2) is 9.59 Å². The third-order valence-corrected chi connectivity index (χ3v) is 4.38. The first-order chi connectivity index (χ1) is 15.4. The molecule has 0 radical (unpaired) electrons. The fraction of sp³-hybridized carbons (Fsp3) is 0.250. The molecular formula is C24H26O8. The number of benzene rings is 2. The lowest BCUT2D eigenvalue weighted by Crippen LogP contribution is -2.08. The zero-order valence-electron chi connectivity index (χ0n) is 18.6. The lowest BCUT2D eigenvalue weighted by molar-refractivity contribution is 0.0540. The number of carbonyl (C=O) groups is 2. The predicted octanol–water partition coefficient (Wildman–Crippen LogP) is 4.07. The van der Waals surface area contributed by atoms with Gasteiger partial charge in [0.2, 0.25) is 0 Å². The monoisotopic (exact) mass is 442 g/mol. The zero-order chi connectivity index (χ0) is 23.7. The molecule has 0 aliphatic rings. The normalized spacial score (nSPS) is 10.0. The zero-order valence-corrected chi connectivity index (χ0v) is 18.6. The third kappa shape index (κ3) is 5.21. The Morgan fingerprint density at radius 3 is 1.34 bits per heavy atom. The van der Waals surface area contributed by atoms with Gasteiger partial charge in [0.15, 0.2) is 23.0 Å². The molecule has 0 fully saturated rings. The van der Waals surface area contributed by atoms with E-state index in [0.29, 0.717) is 22.6 Å². The summed E-state index contributed by atoms with van der Waals surface area (Å²) < 4.78 is 32.3. The highest BCUT2D eigenvalue weighted by atomic mass is 16.5. The van der Waals surface area contributed by atoms with Gasteiger partial charge in [-0.3, -0.25) is 0 Å². The van der Waals surface area contributed by atoms with Crippen molar-refractivity contribution in [3.63, 3.8) is 0 Å². The van der Waals surface area contributed by atoms with Gasteiger partial charge < -0.3 is 28.4 Å². The Balaban J connectivity index is 2.80. The van der Waals surface area contributed by atoms with Crippen LogP contribution in [0.1, 0.15) is 20.7 Å². The molecule has 8 nitrogen and oxygen atoms in total. The summed E-state index contributed by atoms with van der Waals surface area (Å²) in [7, 11) is 5.81. The summed E-state index contributed by atoms with van der Waals surface area (Å²) in [5.74, 6) is 0.0565. The number of methoxy groups -OCH3 is 4. The second-order valence-electron chi connectivity index (χ2n) is 6.29. The Hall–Kier alpha value is -3.94. The molecule has 0 unspecified atom stereocenters. The molecule has 0 aliphatic carbocycles. The Morgan fingerprint density at radius 1 is 0.688 bits per heavy atom. The lowest BCUT2D eigenvalue weighted by Gasteiger charge is -2.19. The minimum absolute atomic E-state index is 0.0459. The topological polar surface area (TPSA) is 89.5 Å². The Bertz CT molecular complexity index is 928. The van der Waals surface area contributed by atoms with E-state index in [-0.39, 0.29) is 35.8 Å². The summed E-state index contributed by atoms with van der Waals surface area (Å²) in [6, 6.07) is 6.12. The number of rotatable bonds is 11. The van der Waals surface area contributed by atoms with E-state index in [4.69, 9.17) is 28.4 Å². The van der Waals surface area contributed by atoms with Gasteiger partial charge in [0.1, 0.15) is 13.2 Å². The first-order valence-corrected chi connectivity index (χ1v) is 9.54. The minimum atomic E-state index is -0.584.